The van der Waals surface area contributed by atoms with Crippen molar-refractivity contribution in [2.45, 2.75) is 18.9 Å². The average molecular weight is 333 g/mol. The molecular weight excluding hydrogens is 316 g/mol. The SMILES string of the molecule is O=C(Nc1c(F)cccc1F)N1CCC[C@@H](Oc2ccncc2)C1. The molecule has 1 aromatic carbocycles. The normalized spacial score (nSPS) is 17.4. The van der Waals surface area contributed by atoms with Gasteiger partial charge in [-0.15, -0.1) is 0 Å². The van der Waals surface area contributed by atoms with Crippen molar-refractivity contribution < 1.29 is 18.3 Å². The molecule has 1 fully saturated rings. The number of para-hydroxylation sites is 1. The first-order chi connectivity index (χ1) is 11.6. The van der Waals surface area contributed by atoms with Crippen molar-refractivity contribution in [1.29, 1.82) is 0 Å². The molecule has 7 heteroatoms. The van der Waals surface area contributed by atoms with Gasteiger partial charge in [0, 0.05) is 18.9 Å². The number of anilines is 1. The van der Waals surface area contributed by atoms with E-state index in [2.05, 4.69) is 10.3 Å². The number of hydrogen-bond acceptors (Lipinski definition) is 3. The van der Waals surface area contributed by atoms with Crippen molar-refractivity contribution in [3.05, 3.63) is 54.4 Å². The van der Waals surface area contributed by atoms with Crippen molar-refractivity contribution in [1.82, 2.24) is 9.88 Å². The summed E-state index contributed by atoms with van der Waals surface area (Å²) in [4.78, 5) is 17.7. The number of carbonyl (C=O) groups excluding carboxylic acids is 1. The zero-order valence-corrected chi connectivity index (χ0v) is 12.9. The summed E-state index contributed by atoms with van der Waals surface area (Å²) in [7, 11) is 0. The molecule has 3 rings (SSSR count). The Morgan fingerprint density at radius 1 is 1.21 bits per heavy atom. The Kier molecular flexibility index (Phi) is 4.88. The van der Waals surface area contributed by atoms with Gasteiger partial charge in [-0.1, -0.05) is 6.07 Å². The zero-order chi connectivity index (χ0) is 16.9. The van der Waals surface area contributed by atoms with Gasteiger partial charge in [0.1, 0.15) is 29.2 Å². The van der Waals surface area contributed by atoms with Gasteiger partial charge in [0.2, 0.25) is 0 Å². The number of nitrogens with one attached hydrogen (secondary N) is 1. The molecule has 5 nitrogen and oxygen atoms in total. The molecule has 0 bridgehead atoms. The minimum absolute atomic E-state index is 0.169. The summed E-state index contributed by atoms with van der Waals surface area (Å²) in [6, 6.07) is 6.40. The topological polar surface area (TPSA) is 54.5 Å². The maximum atomic E-state index is 13.6. The Bertz CT molecular complexity index is 692. The van der Waals surface area contributed by atoms with Gasteiger partial charge in [0.25, 0.3) is 0 Å². The summed E-state index contributed by atoms with van der Waals surface area (Å²) < 4.78 is 33.1. The Hall–Kier alpha value is -2.70. The van der Waals surface area contributed by atoms with Crippen LogP contribution in [0.15, 0.2) is 42.7 Å². The van der Waals surface area contributed by atoms with Gasteiger partial charge in [0.05, 0.1) is 6.54 Å². The second-order valence-corrected chi connectivity index (χ2v) is 5.54. The first-order valence-corrected chi connectivity index (χ1v) is 7.70. The molecule has 2 amide bonds. The molecule has 0 spiro atoms. The molecule has 1 aromatic heterocycles. The summed E-state index contributed by atoms with van der Waals surface area (Å²) in [6.07, 6.45) is 4.65. The van der Waals surface area contributed by atoms with Crippen molar-refractivity contribution in [2.75, 3.05) is 18.4 Å². The number of urea groups is 1. The number of carbonyl (C=O) groups is 1. The smallest absolute Gasteiger partial charge is 0.322 e. The molecule has 1 aliphatic heterocycles. The minimum Gasteiger partial charge on any atom is -0.488 e. The Morgan fingerprint density at radius 2 is 1.92 bits per heavy atom. The minimum atomic E-state index is -0.801. The van der Waals surface area contributed by atoms with E-state index in [-0.39, 0.29) is 6.10 Å². The van der Waals surface area contributed by atoms with Crippen LogP contribution >= 0.6 is 0 Å². The summed E-state index contributed by atoms with van der Waals surface area (Å²) in [6.45, 7) is 0.863. The van der Waals surface area contributed by atoms with Gasteiger partial charge >= 0.3 is 6.03 Å². The molecule has 1 N–H and O–H groups in total. The van der Waals surface area contributed by atoms with Gasteiger partial charge in [-0.2, -0.15) is 0 Å². The quantitative estimate of drug-likeness (QED) is 0.936. The Balaban J connectivity index is 1.63. The predicted molar refractivity (Wildman–Crippen MR) is 84.8 cm³/mol. The van der Waals surface area contributed by atoms with E-state index in [1.165, 1.54) is 11.0 Å². The molecule has 126 valence electrons. The fourth-order valence-electron chi connectivity index (χ4n) is 2.63. The van der Waals surface area contributed by atoms with Crippen LogP contribution < -0.4 is 10.1 Å². The van der Waals surface area contributed by atoms with E-state index in [9.17, 15) is 13.6 Å². The molecule has 1 aliphatic rings. The third-order valence-electron chi connectivity index (χ3n) is 3.81. The van der Waals surface area contributed by atoms with Crippen molar-refractivity contribution in [2.24, 2.45) is 0 Å². The van der Waals surface area contributed by atoms with Crippen LogP contribution in [0.2, 0.25) is 0 Å². The van der Waals surface area contributed by atoms with E-state index in [4.69, 9.17) is 4.74 Å². The standard InChI is InChI=1S/C17H17F2N3O2/c18-14-4-1-5-15(19)16(14)21-17(23)22-10-2-3-13(11-22)24-12-6-8-20-9-7-12/h1,4-9,13H,2-3,10-11H2,(H,21,23)/t13-/m1/s1. The third kappa shape index (κ3) is 3.79. The third-order valence-corrected chi connectivity index (χ3v) is 3.81. The monoisotopic (exact) mass is 333 g/mol. The van der Waals surface area contributed by atoms with E-state index in [1.807, 2.05) is 0 Å². The number of ether oxygens (including phenoxy) is 1. The molecule has 1 saturated heterocycles. The van der Waals surface area contributed by atoms with E-state index < -0.39 is 23.4 Å². The molecule has 1 atom stereocenters. The second kappa shape index (κ2) is 7.25. The number of hydrogen-bond donors (Lipinski definition) is 1. The predicted octanol–water partition coefficient (Wildman–Crippen LogP) is 3.44. The lowest BCUT2D eigenvalue weighted by Crippen LogP contribution is -2.46. The highest BCUT2D eigenvalue weighted by molar-refractivity contribution is 5.89. The van der Waals surface area contributed by atoms with Gasteiger partial charge in [-0.25, -0.2) is 13.6 Å². The summed E-state index contributed by atoms with van der Waals surface area (Å²) in [5.74, 6) is -0.924. The lowest BCUT2D eigenvalue weighted by molar-refractivity contribution is 0.106. The molecule has 0 saturated carbocycles. The molecule has 0 aliphatic carbocycles. The van der Waals surface area contributed by atoms with E-state index in [0.717, 1.165) is 25.0 Å². The maximum absolute atomic E-state index is 13.6. The zero-order valence-electron chi connectivity index (χ0n) is 12.9. The lowest BCUT2D eigenvalue weighted by atomic mass is 10.1. The van der Waals surface area contributed by atoms with Crippen LogP contribution in [0.1, 0.15) is 12.8 Å². The first-order valence-electron chi connectivity index (χ1n) is 7.70. The van der Waals surface area contributed by atoms with Crippen LogP contribution in [0.5, 0.6) is 5.75 Å². The highest BCUT2D eigenvalue weighted by Gasteiger charge is 2.26. The fraction of sp³-hybridized carbons (Fsp3) is 0.294. The first kappa shape index (κ1) is 16.2. The van der Waals surface area contributed by atoms with Crippen LogP contribution in [-0.4, -0.2) is 35.1 Å². The fourth-order valence-corrected chi connectivity index (χ4v) is 2.63. The number of aromatic nitrogens is 1. The second-order valence-electron chi connectivity index (χ2n) is 5.54. The van der Waals surface area contributed by atoms with Crippen LogP contribution in [0, 0.1) is 11.6 Å². The molecule has 2 aromatic rings. The number of piperidine rings is 1. The van der Waals surface area contributed by atoms with Crippen molar-refractivity contribution in [3.8, 4) is 5.75 Å². The van der Waals surface area contributed by atoms with Gasteiger partial charge in [0.15, 0.2) is 0 Å². The van der Waals surface area contributed by atoms with Gasteiger partial charge < -0.3 is 15.0 Å². The highest BCUT2D eigenvalue weighted by Crippen LogP contribution is 2.21. The maximum Gasteiger partial charge on any atom is 0.322 e. The molecule has 24 heavy (non-hydrogen) atoms. The number of halogens is 2. The summed E-state index contributed by atoms with van der Waals surface area (Å²) in [5.41, 5.74) is -0.431. The number of nitrogens with zero attached hydrogens (tertiary/aromatic N) is 2. The summed E-state index contributed by atoms with van der Waals surface area (Å²) >= 11 is 0. The van der Waals surface area contributed by atoms with Crippen molar-refractivity contribution >= 4 is 11.7 Å². The summed E-state index contributed by atoms with van der Waals surface area (Å²) in [5, 5.41) is 2.30. The largest absolute Gasteiger partial charge is 0.488 e. The van der Waals surface area contributed by atoms with Crippen molar-refractivity contribution in [3.63, 3.8) is 0 Å². The van der Waals surface area contributed by atoms with Crippen LogP contribution in [0.3, 0.4) is 0 Å². The average Bonchev–Trinajstić information content (AvgIpc) is 2.59. The number of rotatable bonds is 3. The van der Waals surface area contributed by atoms with Gasteiger partial charge in [-0.05, 0) is 37.1 Å². The number of likely N-dealkylation sites (tertiary alicyclic amines) is 1. The van der Waals surface area contributed by atoms with E-state index in [0.29, 0.717) is 18.8 Å². The Morgan fingerprint density at radius 3 is 2.62 bits per heavy atom. The lowest BCUT2D eigenvalue weighted by Gasteiger charge is -2.33. The highest BCUT2D eigenvalue weighted by atomic mass is 19.1. The Labute approximate surface area is 138 Å². The molecule has 2 heterocycles. The number of amides is 2. The van der Waals surface area contributed by atoms with Crippen LogP contribution in [0.4, 0.5) is 19.3 Å². The van der Waals surface area contributed by atoms with E-state index in [1.54, 1.807) is 24.5 Å². The number of pyridine rings is 1. The molecular formula is C17H17F2N3O2. The van der Waals surface area contributed by atoms with E-state index >= 15 is 0 Å². The molecule has 0 radical (unpaired) electrons. The van der Waals surface area contributed by atoms with Crippen LogP contribution in [0.25, 0.3) is 0 Å². The van der Waals surface area contributed by atoms with Crippen LogP contribution in [-0.2, 0) is 0 Å². The number of benzene rings is 1. The molecule has 0 unspecified atom stereocenters. The van der Waals surface area contributed by atoms with Gasteiger partial charge in [-0.3, -0.25) is 4.98 Å².